The fourth-order valence-corrected chi connectivity index (χ4v) is 1.96. The molecule has 0 spiro atoms. The van der Waals surface area contributed by atoms with E-state index in [0.29, 0.717) is 5.75 Å². The lowest BCUT2D eigenvalue weighted by Crippen LogP contribution is -2.24. The van der Waals surface area contributed by atoms with Gasteiger partial charge in [-0.05, 0) is 49.6 Å². The molecule has 0 bridgehead atoms. The summed E-state index contributed by atoms with van der Waals surface area (Å²) in [6.07, 6.45) is 1.65. The van der Waals surface area contributed by atoms with Crippen molar-refractivity contribution < 1.29 is 9.53 Å². The van der Waals surface area contributed by atoms with E-state index in [-0.39, 0.29) is 12.5 Å². The van der Waals surface area contributed by atoms with E-state index in [4.69, 9.17) is 4.74 Å². The summed E-state index contributed by atoms with van der Waals surface area (Å²) in [5, 5.41) is 3.97. The van der Waals surface area contributed by atoms with E-state index in [1.54, 1.807) is 6.21 Å². The number of carbonyl (C=O) groups is 1. The molecule has 4 nitrogen and oxygen atoms in total. The summed E-state index contributed by atoms with van der Waals surface area (Å²) < 4.78 is 5.41. The molecule has 0 aliphatic carbocycles. The molecule has 0 heterocycles. The maximum atomic E-state index is 11.7. The second-order valence-electron chi connectivity index (χ2n) is 5.26. The monoisotopic (exact) mass is 296 g/mol. The first-order valence-electron chi connectivity index (χ1n) is 7.13. The second kappa shape index (κ2) is 7.41. The number of nitrogens with one attached hydrogen (secondary N) is 1. The molecule has 0 saturated carbocycles. The third-order valence-corrected chi connectivity index (χ3v) is 3.19. The topological polar surface area (TPSA) is 50.7 Å². The average molecular weight is 296 g/mol. The lowest BCUT2D eigenvalue weighted by molar-refractivity contribution is -0.123. The van der Waals surface area contributed by atoms with Crippen LogP contribution in [-0.2, 0) is 4.79 Å². The Bertz CT molecular complexity index is 693. The smallest absolute Gasteiger partial charge is 0.277 e. The molecule has 0 saturated heterocycles. The van der Waals surface area contributed by atoms with Gasteiger partial charge in [-0.2, -0.15) is 5.10 Å². The predicted octanol–water partition coefficient (Wildman–Crippen LogP) is 3.14. The van der Waals surface area contributed by atoms with Crippen molar-refractivity contribution in [2.24, 2.45) is 5.10 Å². The molecule has 4 heteroatoms. The van der Waals surface area contributed by atoms with Crippen LogP contribution in [0.15, 0.2) is 47.6 Å². The van der Waals surface area contributed by atoms with E-state index < -0.39 is 0 Å². The molecule has 2 aromatic carbocycles. The van der Waals surface area contributed by atoms with Gasteiger partial charge in [0.15, 0.2) is 6.61 Å². The molecule has 1 N–H and O–H groups in total. The number of nitrogens with zero attached hydrogens (tertiary/aromatic N) is 1. The summed E-state index contributed by atoms with van der Waals surface area (Å²) in [4.78, 5) is 11.7. The van der Waals surface area contributed by atoms with Gasteiger partial charge in [0.2, 0.25) is 0 Å². The third kappa shape index (κ3) is 4.74. The normalized spacial score (nSPS) is 10.7. The number of benzene rings is 2. The Labute approximate surface area is 130 Å². The van der Waals surface area contributed by atoms with Crippen molar-refractivity contribution in [3.63, 3.8) is 0 Å². The van der Waals surface area contributed by atoms with Crippen molar-refractivity contribution >= 4 is 12.1 Å². The zero-order chi connectivity index (χ0) is 15.9. The van der Waals surface area contributed by atoms with Crippen LogP contribution in [0.4, 0.5) is 0 Å². The number of amides is 1. The maximum absolute atomic E-state index is 11.7. The minimum Gasteiger partial charge on any atom is -0.484 e. The van der Waals surface area contributed by atoms with Crippen LogP contribution in [0, 0.1) is 20.8 Å². The van der Waals surface area contributed by atoms with Gasteiger partial charge in [-0.3, -0.25) is 4.79 Å². The number of hydrogen-bond acceptors (Lipinski definition) is 3. The Morgan fingerprint density at radius 3 is 2.68 bits per heavy atom. The predicted molar refractivity (Wildman–Crippen MR) is 88.3 cm³/mol. The quantitative estimate of drug-likeness (QED) is 0.680. The van der Waals surface area contributed by atoms with Crippen LogP contribution in [-0.4, -0.2) is 18.7 Å². The number of hydrogen-bond donors (Lipinski definition) is 1. The summed E-state index contributed by atoms with van der Waals surface area (Å²) in [6.45, 7) is 5.93. The Balaban J connectivity index is 1.85. The fourth-order valence-electron chi connectivity index (χ4n) is 1.96. The van der Waals surface area contributed by atoms with Gasteiger partial charge in [-0.15, -0.1) is 0 Å². The van der Waals surface area contributed by atoms with Crippen LogP contribution in [0.2, 0.25) is 0 Å². The zero-order valence-electron chi connectivity index (χ0n) is 13.1. The Morgan fingerprint density at radius 2 is 1.91 bits per heavy atom. The number of rotatable bonds is 5. The first-order valence-corrected chi connectivity index (χ1v) is 7.13. The van der Waals surface area contributed by atoms with Crippen LogP contribution in [0.3, 0.4) is 0 Å². The van der Waals surface area contributed by atoms with Gasteiger partial charge < -0.3 is 4.74 Å². The van der Waals surface area contributed by atoms with E-state index in [1.165, 1.54) is 0 Å². The number of ether oxygens (including phenoxy) is 1. The first-order chi connectivity index (χ1) is 10.5. The lowest BCUT2D eigenvalue weighted by Gasteiger charge is -2.05. The summed E-state index contributed by atoms with van der Waals surface area (Å²) in [5.74, 6) is 0.386. The van der Waals surface area contributed by atoms with E-state index >= 15 is 0 Å². The molecule has 0 radical (unpaired) electrons. The summed E-state index contributed by atoms with van der Waals surface area (Å²) >= 11 is 0. The molecule has 0 aromatic heterocycles. The van der Waals surface area contributed by atoms with E-state index in [2.05, 4.69) is 10.5 Å². The molecule has 2 rings (SSSR count). The van der Waals surface area contributed by atoms with Gasteiger partial charge in [0, 0.05) is 0 Å². The van der Waals surface area contributed by atoms with Crippen LogP contribution in [0.25, 0.3) is 0 Å². The van der Waals surface area contributed by atoms with Crippen molar-refractivity contribution in [1.82, 2.24) is 5.43 Å². The van der Waals surface area contributed by atoms with Crippen LogP contribution >= 0.6 is 0 Å². The molecule has 0 atom stereocenters. The van der Waals surface area contributed by atoms with Crippen LogP contribution < -0.4 is 10.2 Å². The molecule has 114 valence electrons. The third-order valence-electron chi connectivity index (χ3n) is 3.19. The minimum atomic E-state index is -0.289. The van der Waals surface area contributed by atoms with Gasteiger partial charge >= 0.3 is 0 Å². The molecule has 1 amide bonds. The Hall–Kier alpha value is -2.62. The molecule has 0 unspecified atom stereocenters. The zero-order valence-corrected chi connectivity index (χ0v) is 13.1. The highest BCUT2D eigenvalue weighted by molar-refractivity contribution is 5.84. The highest BCUT2D eigenvalue weighted by Gasteiger charge is 2.01. The fraction of sp³-hybridized carbons (Fsp3) is 0.222. The highest BCUT2D eigenvalue weighted by Crippen LogP contribution is 2.12. The molecule has 0 aliphatic rings. The SMILES string of the molecule is Cc1cccc(OCC(=O)N/N=C\c2cc(C)ccc2C)c1. The van der Waals surface area contributed by atoms with Gasteiger partial charge in [0.05, 0.1) is 6.21 Å². The minimum absolute atomic E-state index is 0.0619. The standard InChI is InChI=1S/C18H20N2O2/c1-13-5-4-6-17(10-13)22-12-18(21)20-19-11-16-9-14(2)7-8-15(16)3/h4-11H,12H2,1-3H3,(H,20,21)/b19-11-. The number of hydrazone groups is 1. The molecular formula is C18H20N2O2. The molecule has 2 aromatic rings. The molecule has 22 heavy (non-hydrogen) atoms. The summed E-state index contributed by atoms with van der Waals surface area (Å²) in [6, 6.07) is 13.7. The highest BCUT2D eigenvalue weighted by atomic mass is 16.5. The second-order valence-corrected chi connectivity index (χ2v) is 5.26. The van der Waals surface area contributed by atoms with Gasteiger partial charge in [-0.25, -0.2) is 5.43 Å². The molecule has 0 aliphatic heterocycles. The molecular weight excluding hydrogens is 276 g/mol. The van der Waals surface area contributed by atoms with E-state index in [0.717, 1.165) is 22.3 Å². The largest absolute Gasteiger partial charge is 0.484 e. The lowest BCUT2D eigenvalue weighted by atomic mass is 10.1. The van der Waals surface area contributed by atoms with Crippen LogP contribution in [0.5, 0.6) is 5.75 Å². The Morgan fingerprint density at radius 1 is 1.14 bits per heavy atom. The number of aryl methyl sites for hydroxylation is 3. The first kappa shape index (κ1) is 15.8. The summed E-state index contributed by atoms with van der Waals surface area (Å²) in [7, 11) is 0. The van der Waals surface area contributed by atoms with Crippen molar-refractivity contribution in [1.29, 1.82) is 0 Å². The molecule has 0 fully saturated rings. The van der Waals surface area contributed by atoms with Crippen molar-refractivity contribution in [2.45, 2.75) is 20.8 Å². The van der Waals surface area contributed by atoms with Gasteiger partial charge in [-0.1, -0.05) is 35.9 Å². The van der Waals surface area contributed by atoms with Gasteiger partial charge in [0.1, 0.15) is 5.75 Å². The van der Waals surface area contributed by atoms with E-state index in [1.807, 2.05) is 63.2 Å². The maximum Gasteiger partial charge on any atom is 0.277 e. The average Bonchev–Trinajstić information content (AvgIpc) is 2.49. The number of carbonyl (C=O) groups excluding carboxylic acids is 1. The summed E-state index contributed by atoms with van der Waals surface area (Å²) in [5.41, 5.74) is 6.81. The Kier molecular flexibility index (Phi) is 5.31. The van der Waals surface area contributed by atoms with Crippen LogP contribution in [0.1, 0.15) is 22.3 Å². The van der Waals surface area contributed by atoms with E-state index in [9.17, 15) is 4.79 Å². The van der Waals surface area contributed by atoms with Crippen molar-refractivity contribution in [3.8, 4) is 5.75 Å². The van der Waals surface area contributed by atoms with Gasteiger partial charge in [0.25, 0.3) is 5.91 Å². The van der Waals surface area contributed by atoms with Crippen molar-refractivity contribution in [3.05, 3.63) is 64.7 Å². The van der Waals surface area contributed by atoms with Crippen molar-refractivity contribution in [2.75, 3.05) is 6.61 Å².